The van der Waals surface area contributed by atoms with Crippen molar-refractivity contribution >= 4 is 22.5 Å². The number of para-hydroxylation sites is 1. The highest BCUT2D eigenvalue weighted by Gasteiger charge is 2.22. The van der Waals surface area contributed by atoms with Gasteiger partial charge in [0.2, 0.25) is 0 Å². The van der Waals surface area contributed by atoms with E-state index in [4.69, 9.17) is 4.74 Å². The number of piperazine rings is 1. The zero-order chi connectivity index (χ0) is 18.6. The minimum absolute atomic E-state index is 0.00896. The van der Waals surface area contributed by atoms with Crippen LogP contribution in [0.2, 0.25) is 0 Å². The molecule has 1 saturated heterocycles. The van der Waals surface area contributed by atoms with Crippen LogP contribution in [-0.4, -0.2) is 41.5 Å². The standard InChI is InChI=1S/C20H25N3O3S/c24-27(25)14-15-5-6-16(23-10-8-21-9-11-23)13-19(15)22-18-7-12-26-20-4-2-1-3-17(18)20/h1-6,13,18,21-22H,7-12,14H2,(H,24,25)/p-1. The van der Waals surface area contributed by atoms with E-state index in [0.29, 0.717) is 6.61 Å². The molecule has 1 fully saturated rings. The molecule has 2 heterocycles. The molecule has 0 spiro atoms. The molecule has 0 aliphatic carbocycles. The van der Waals surface area contributed by atoms with Crippen LogP contribution in [-0.2, 0) is 16.8 Å². The first-order chi connectivity index (χ1) is 13.2. The highest BCUT2D eigenvalue weighted by atomic mass is 32.2. The molecule has 4 rings (SSSR count). The number of benzene rings is 2. The second-order valence-electron chi connectivity index (χ2n) is 6.90. The fourth-order valence-electron chi connectivity index (χ4n) is 3.75. The fourth-order valence-corrected chi connectivity index (χ4v) is 4.26. The topological polar surface area (TPSA) is 76.7 Å². The Bertz CT molecular complexity index is 824. The highest BCUT2D eigenvalue weighted by Crippen LogP contribution is 2.36. The van der Waals surface area contributed by atoms with Crippen LogP contribution < -0.4 is 20.3 Å². The van der Waals surface area contributed by atoms with Crippen molar-refractivity contribution in [2.24, 2.45) is 0 Å². The number of nitrogens with one attached hydrogen (secondary N) is 2. The van der Waals surface area contributed by atoms with Crippen molar-refractivity contribution in [3.8, 4) is 5.75 Å². The fraction of sp³-hybridized carbons (Fsp3) is 0.400. The molecule has 0 amide bonds. The summed E-state index contributed by atoms with van der Waals surface area (Å²) < 4.78 is 28.4. The van der Waals surface area contributed by atoms with Crippen molar-refractivity contribution in [3.05, 3.63) is 53.6 Å². The third-order valence-corrected chi connectivity index (χ3v) is 5.68. The van der Waals surface area contributed by atoms with Gasteiger partial charge in [0.1, 0.15) is 5.75 Å². The molecule has 6 nitrogen and oxygen atoms in total. The molecule has 2 aromatic rings. The van der Waals surface area contributed by atoms with Crippen LogP contribution in [0.15, 0.2) is 42.5 Å². The Morgan fingerprint density at radius 1 is 1.22 bits per heavy atom. The van der Waals surface area contributed by atoms with Gasteiger partial charge in [-0.15, -0.1) is 0 Å². The van der Waals surface area contributed by atoms with Crippen molar-refractivity contribution in [2.45, 2.75) is 18.2 Å². The van der Waals surface area contributed by atoms with Gasteiger partial charge >= 0.3 is 0 Å². The summed E-state index contributed by atoms with van der Waals surface area (Å²) in [4.78, 5) is 2.33. The average Bonchev–Trinajstić information content (AvgIpc) is 2.70. The molecule has 0 bridgehead atoms. The van der Waals surface area contributed by atoms with E-state index in [9.17, 15) is 8.76 Å². The van der Waals surface area contributed by atoms with E-state index in [1.165, 1.54) is 0 Å². The normalized spacial score (nSPS) is 20.5. The summed E-state index contributed by atoms with van der Waals surface area (Å²) in [5.74, 6) is 0.906. The predicted molar refractivity (Wildman–Crippen MR) is 107 cm³/mol. The maximum absolute atomic E-state index is 11.3. The lowest BCUT2D eigenvalue weighted by molar-refractivity contribution is 0.274. The molecule has 0 saturated carbocycles. The number of hydrogen-bond acceptors (Lipinski definition) is 6. The average molecular weight is 386 g/mol. The van der Waals surface area contributed by atoms with Crippen molar-refractivity contribution in [1.29, 1.82) is 0 Å². The van der Waals surface area contributed by atoms with Gasteiger partial charge in [-0.1, -0.05) is 35.3 Å². The van der Waals surface area contributed by atoms with Gasteiger partial charge in [0.15, 0.2) is 0 Å². The Balaban J connectivity index is 1.64. The smallest absolute Gasteiger partial charge is 0.124 e. The van der Waals surface area contributed by atoms with Gasteiger partial charge in [-0.2, -0.15) is 0 Å². The molecule has 2 aliphatic rings. The van der Waals surface area contributed by atoms with Crippen LogP contribution in [0.25, 0.3) is 0 Å². The number of nitrogens with zero attached hydrogens (tertiary/aromatic N) is 1. The van der Waals surface area contributed by atoms with Gasteiger partial charge < -0.3 is 24.8 Å². The zero-order valence-electron chi connectivity index (χ0n) is 15.1. The Kier molecular flexibility index (Phi) is 5.61. The van der Waals surface area contributed by atoms with Gasteiger partial charge in [-0.05, 0) is 23.8 Å². The van der Waals surface area contributed by atoms with Gasteiger partial charge in [-0.3, -0.25) is 4.21 Å². The first-order valence-electron chi connectivity index (χ1n) is 9.33. The zero-order valence-corrected chi connectivity index (χ0v) is 16.0. The van der Waals surface area contributed by atoms with Crippen LogP contribution in [0, 0.1) is 0 Å². The summed E-state index contributed by atoms with van der Waals surface area (Å²) in [7, 11) is 0. The molecule has 0 aromatic heterocycles. The van der Waals surface area contributed by atoms with Crippen molar-refractivity contribution in [2.75, 3.05) is 43.0 Å². The largest absolute Gasteiger partial charge is 0.772 e. The van der Waals surface area contributed by atoms with Crippen molar-refractivity contribution < 1.29 is 13.5 Å². The Labute approximate surface area is 162 Å². The quantitative estimate of drug-likeness (QED) is 0.769. The van der Waals surface area contributed by atoms with Crippen LogP contribution in [0.5, 0.6) is 5.75 Å². The summed E-state index contributed by atoms with van der Waals surface area (Å²) in [6.45, 7) is 4.47. The minimum atomic E-state index is -2.13. The monoisotopic (exact) mass is 386 g/mol. The Morgan fingerprint density at radius 2 is 2.04 bits per heavy atom. The van der Waals surface area contributed by atoms with Gasteiger partial charge in [0, 0.05) is 55.3 Å². The maximum Gasteiger partial charge on any atom is 0.124 e. The first kappa shape index (κ1) is 18.3. The summed E-state index contributed by atoms with van der Waals surface area (Å²) in [6, 6.07) is 14.2. The molecule has 2 atom stereocenters. The number of rotatable bonds is 5. The molecule has 27 heavy (non-hydrogen) atoms. The molecule has 2 aliphatic heterocycles. The lowest BCUT2D eigenvalue weighted by Crippen LogP contribution is -2.43. The second kappa shape index (κ2) is 8.29. The molecule has 0 radical (unpaired) electrons. The van der Waals surface area contributed by atoms with E-state index in [-0.39, 0.29) is 11.8 Å². The van der Waals surface area contributed by atoms with Crippen LogP contribution in [0.1, 0.15) is 23.6 Å². The first-order valence-corrected chi connectivity index (χ1v) is 10.6. The molecule has 144 valence electrons. The highest BCUT2D eigenvalue weighted by molar-refractivity contribution is 7.78. The van der Waals surface area contributed by atoms with Gasteiger partial charge in [0.05, 0.1) is 12.6 Å². The Morgan fingerprint density at radius 3 is 2.85 bits per heavy atom. The number of fused-ring (bicyclic) bond motifs is 1. The lowest BCUT2D eigenvalue weighted by atomic mass is 9.99. The summed E-state index contributed by atoms with van der Waals surface area (Å²) in [5, 5.41) is 6.96. The van der Waals surface area contributed by atoms with E-state index in [2.05, 4.69) is 27.7 Å². The van der Waals surface area contributed by atoms with Gasteiger partial charge in [-0.25, -0.2) is 0 Å². The van der Waals surface area contributed by atoms with Crippen LogP contribution >= 0.6 is 0 Å². The van der Waals surface area contributed by atoms with E-state index >= 15 is 0 Å². The lowest BCUT2D eigenvalue weighted by Gasteiger charge is -2.32. The predicted octanol–water partition coefficient (Wildman–Crippen LogP) is 2.41. The second-order valence-corrected chi connectivity index (χ2v) is 7.79. The van der Waals surface area contributed by atoms with E-state index < -0.39 is 11.1 Å². The molecule has 2 unspecified atom stereocenters. The molecule has 7 heteroatoms. The molecular weight excluding hydrogens is 362 g/mol. The molecule has 2 N–H and O–H groups in total. The van der Waals surface area contributed by atoms with Crippen LogP contribution in [0.3, 0.4) is 0 Å². The number of anilines is 2. The van der Waals surface area contributed by atoms with Crippen molar-refractivity contribution in [1.82, 2.24) is 5.32 Å². The molecule has 2 aromatic carbocycles. The third kappa shape index (κ3) is 4.26. The van der Waals surface area contributed by atoms with E-state index in [0.717, 1.165) is 60.9 Å². The number of ether oxygens (including phenoxy) is 1. The van der Waals surface area contributed by atoms with E-state index in [1.54, 1.807) is 0 Å². The summed E-state index contributed by atoms with van der Waals surface area (Å²) >= 11 is -2.13. The van der Waals surface area contributed by atoms with Gasteiger partial charge in [0.25, 0.3) is 0 Å². The third-order valence-electron chi connectivity index (χ3n) is 5.14. The van der Waals surface area contributed by atoms with E-state index in [1.807, 2.05) is 30.3 Å². The Hall–Kier alpha value is -2.09. The minimum Gasteiger partial charge on any atom is -0.772 e. The van der Waals surface area contributed by atoms with Crippen LogP contribution in [0.4, 0.5) is 11.4 Å². The maximum atomic E-state index is 11.3. The summed E-state index contributed by atoms with van der Waals surface area (Å²) in [6.07, 6.45) is 0.842. The number of hydrogen-bond donors (Lipinski definition) is 2. The molecular formula is C20H24N3O3S-. The van der Waals surface area contributed by atoms with Crippen molar-refractivity contribution in [3.63, 3.8) is 0 Å². The SMILES string of the molecule is O=S([O-])Cc1ccc(N2CCNCC2)cc1NC1CCOc2ccccc21. The summed E-state index contributed by atoms with van der Waals surface area (Å²) in [5.41, 5.74) is 3.92.